The van der Waals surface area contributed by atoms with Crippen LogP contribution in [0, 0.1) is 17.0 Å². The highest BCUT2D eigenvalue weighted by Gasteiger charge is 2.17. The van der Waals surface area contributed by atoms with Crippen LogP contribution in [-0.2, 0) is 16.1 Å². The van der Waals surface area contributed by atoms with Gasteiger partial charge >= 0.3 is 0 Å². The van der Waals surface area contributed by atoms with Gasteiger partial charge in [-0.05, 0) is 19.1 Å². The number of hydrogen-bond acceptors (Lipinski definition) is 8. The second-order valence-corrected chi connectivity index (χ2v) is 7.74. The Kier molecular flexibility index (Phi) is 7.79. The molecule has 2 aromatic carbocycles. The van der Waals surface area contributed by atoms with Crippen molar-refractivity contribution in [2.24, 2.45) is 0 Å². The summed E-state index contributed by atoms with van der Waals surface area (Å²) in [6.07, 6.45) is 0. The van der Waals surface area contributed by atoms with E-state index in [9.17, 15) is 14.9 Å². The van der Waals surface area contributed by atoms with Crippen LogP contribution in [0.3, 0.4) is 0 Å². The van der Waals surface area contributed by atoms with Crippen LogP contribution in [0.1, 0.15) is 5.56 Å². The molecule has 0 unspecified atom stereocenters. The van der Waals surface area contributed by atoms with Gasteiger partial charge in [0, 0.05) is 18.7 Å². The first-order chi connectivity index (χ1) is 15.4. The average Bonchev–Trinajstić information content (AvgIpc) is 3.19. The van der Waals surface area contributed by atoms with Gasteiger partial charge in [0.1, 0.15) is 5.75 Å². The fraction of sp³-hybridized carbons (Fsp3) is 0.286. The highest BCUT2D eigenvalue weighted by atomic mass is 32.2. The number of carbonyl (C=O) groups is 1. The Morgan fingerprint density at radius 1 is 1.22 bits per heavy atom. The molecule has 0 spiro atoms. The molecule has 0 radical (unpaired) electrons. The summed E-state index contributed by atoms with van der Waals surface area (Å²) in [5.74, 6) is 0.674. The molecule has 1 N–H and O–H groups in total. The molecule has 0 saturated carbocycles. The van der Waals surface area contributed by atoms with Gasteiger partial charge in [-0.2, -0.15) is 0 Å². The van der Waals surface area contributed by atoms with Crippen molar-refractivity contribution in [2.45, 2.75) is 18.6 Å². The third-order valence-electron chi connectivity index (χ3n) is 4.51. The molecule has 0 bridgehead atoms. The molecule has 0 fully saturated rings. The fourth-order valence-electron chi connectivity index (χ4n) is 2.99. The maximum atomic E-state index is 12.5. The number of anilines is 1. The molecular formula is C21H23N5O5S. The Morgan fingerprint density at radius 3 is 2.72 bits per heavy atom. The Labute approximate surface area is 189 Å². The van der Waals surface area contributed by atoms with Crippen molar-refractivity contribution in [2.75, 3.05) is 31.9 Å². The number of thioether (sulfide) groups is 1. The van der Waals surface area contributed by atoms with Gasteiger partial charge in [0.2, 0.25) is 5.91 Å². The molecule has 168 valence electrons. The predicted octanol–water partition coefficient (Wildman–Crippen LogP) is 3.55. The lowest BCUT2D eigenvalue weighted by atomic mass is 10.1. The minimum Gasteiger partial charge on any atom is -0.494 e. The van der Waals surface area contributed by atoms with Gasteiger partial charge in [0.05, 0.1) is 42.7 Å². The maximum Gasteiger partial charge on any atom is 0.273 e. The first kappa shape index (κ1) is 23.2. The fourth-order valence-corrected chi connectivity index (χ4v) is 3.75. The number of non-ortho nitro benzene ring substituents is 1. The molecule has 11 heteroatoms. The number of benzene rings is 2. The minimum atomic E-state index is -0.525. The maximum absolute atomic E-state index is 12.5. The van der Waals surface area contributed by atoms with Crippen molar-refractivity contribution in [3.63, 3.8) is 0 Å². The molecule has 1 amide bonds. The molecule has 1 aromatic heterocycles. The summed E-state index contributed by atoms with van der Waals surface area (Å²) in [7, 11) is 3.00. The van der Waals surface area contributed by atoms with Crippen LogP contribution in [0.15, 0.2) is 47.6 Å². The summed E-state index contributed by atoms with van der Waals surface area (Å²) < 4.78 is 12.3. The van der Waals surface area contributed by atoms with Crippen LogP contribution in [0.2, 0.25) is 0 Å². The van der Waals surface area contributed by atoms with Crippen LogP contribution < -0.4 is 10.1 Å². The van der Waals surface area contributed by atoms with E-state index >= 15 is 0 Å². The lowest BCUT2D eigenvalue weighted by Gasteiger charge is -2.11. The smallest absolute Gasteiger partial charge is 0.273 e. The molecule has 0 aliphatic heterocycles. The summed E-state index contributed by atoms with van der Waals surface area (Å²) in [5.41, 5.74) is 2.27. The van der Waals surface area contributed by atoms with E-state index in [1.54, 1.807) is 7.11 Å². The SMILES string of the molecule is COCCn1c(SCC(=O)Nc2ccc([N+](=O)[O-])cc2OC)nnc1-c1cccc(C)c1. The van der Waals surface area contributed by atoms with Crippen LogP contribution in [0.5, 0.6) is 5.75 Å². The second kappa shape index (κ2) is 10.7. The average molecular weight is 458 g/mol. The van der Waals surface area contributed by atoms with Gasteiger partial charge in [0.25, 0.3) is 5.69 Å². The predicted molar refractivity (Wildman–Crippen MR) is 121 cm³/mol. The highest BCUT2D eigenvalue weighted by Crippen LogP contribution is 2.30. The first-order valence-corrected chi connectivity index (χ1v) is 10.7. The number of nitro groups is 1. The lowest BCUT2D eigenvalue weighted by molar-refractivity contribution is -0.384. The number of amides is 1. The Morgan fingerprint density at radius 2 is 2.03 bits per heavy atom. The number of nitro benzene ring substituents is 1. The summed E-state index contributed by atoms with van der Waals surface area (Å²) in [4.78, 5) is 22.9. The zero-order chi connectivity index (χ0) is 23.1. The number of nitrogens with one attached hydrogen (secondary N) is 1. The molecule has 0 aliphatic rings. The summed E-state index contributed by atoms with van der Waals surface area (Å²) in [6.45, 7) is 3.01. The van der Waals surface area contributed by atoms with E-state index in [0.29, 0.717) is 29.8 Å². The van der Waals surface area contributed by atoms with Crippen LogP contribution >= 0.6 is 11.8 Å². The van der Waals surface area contributed by atoms with Crippen molar-refractivity contribution in [3.8, 4) is 17.1 Å². The van der Waals surface area contributed by atoms with Crippen molar-refractivity contribution in [1.29, 1.82) is 0 Å². The first-order valence-electron chi connectivity index (χ1n) is 9.67. The molecule has 32 heavy (non-hydrogen) atoms. The largest absolute Gasteiger partial charge is 0.494 e. The summed E-state index contributed by atoms with van der Waals surface area (Å²) in [6, 6.07) is 12.0. The van der Waals surface area contributed by atoms with Crippen LogP contribution in [0.25, 0.3) is 11.4 Å². The topological polar surface area (TPSA) is 121 Å². The van der Waals surface area contributed by atoms with Crippen molar-refractivity contribution >= 4 is 29.0 Å². The normalized spacial score (nSPS) is 10.7. The van der Waals surface area contributed by atoms with Crippen LogP contribution in [0.4, 0.5) is 11.4 Å². The quantitative estimate of drug-likeness (QED) is 0.279. The molecule has 0 saturated heterocycles. The Balaban J connectivity index is 1.74. The van der Waals surface area contributed by atoms with Crippen molar-refractivity contribution < 1.29 is 19.2 Å². The van der Waals surface area contributed by atoms with E-state index in [4.69, 9.17) is 9.47 Å². The van der Waals surface area contributed by atoms with Gasteiger partial charge in [-0.25, -0.2) is 0 Å². The second-order valence-electron chi connectivity index (χ2n) is 6.80. The van der Waals surface area contributed by atoms with Crippen molar-refractivity contribution in [3.05, 3.63) is 58.1 Å². The van der Waals surface area contributed by atoms with E-state index in [1.807, 2.05) is 35.8 Å². The molecular weight excluding hydrogens is 434 g/mol. The van der Waals surface area contributed by atoms with Gasteiger partial charge < -0.3 is 14.8 Å². The monoisotopic (exact) mass is 457 g/mol. The number of aryl methyl sites for hydroxylation is 1. The Bertz CT molecular complexity index is 1120. The standard InChI is InChI=1S/C21H23N5O5S/c1-14-5-4-6-15(11-14)20-23-24-21(25(20)9-10-30-2)32-13-19(27)22-17-8-7-16(26(28)29)12-18(17)31-3/h4-8,11-12H,9-10,13H2,1-3H3,(H,22,27). The van der Waals surface area contributed by atoms with E-state index in [0.717, 1.165) is 11.1 Å². The number of rotatable bonds is 10. The molecule has 10 nitrogen and oxygen atoms in total. The number of aromatic nitrogens is 3. The molecule has 3 rings (SSSR count). The molecule has 0 atom stereocenters. The summed E-state index contributed by atoms with van der Waals surface area (Å²) >= 11 is 1.24. The molecule has 3 aromatic rings. The van der Waals surface area contributed by atoms with E-state index < -0.39 is 4.92 Å². The number of nitrogens with zero attached hydrogens (tertiary/aromatic N) is 4. The van der Waals surface area contributed by atoms with Gasteiger partial charge in [0.15, 0.2) is 11.0 Å². The number of ether oxygens (including phenoxy) is 2. The van der Waals surface area contributed by atoms with E-state index in [1.165, 1.54) is 37.1 Å². The van der Waals surface area contributed by atoms with Crippen LogP contribution in [-0.4, -0.2) is 52.2 Å². The zero-order valence-electron chi connectivity index (χ0n) is 17.9. The van der Waals surface area contributed by atoms with Gasteiger partial charge in [-0.3, -0.25) is 19.5 Å². The Hall–Kier alpha value is -3.44. The number of carbonyl (C=O) groups excluding carboxylic acids is 1. The van der Waals surface area contributed by atoms with Gasteiger partial charge in [-0.15, -0.1) is 10.2 Å². The number of hydrogen-bond donors (Lipinski definition) is 1. The van der Waals surface area contributed by atoms with E-state index in [-0.39, 0.29) is 23.1 Å². The number of methoxy groups -OCH3 is 2. The molecule has 0 aliphatic carbocycles. The lowest BCUT2D eigenvalue weighted by Crippen LogP contribution is -2.16. The third kappa shape index (κ3) is 5.62. The summed E-state index contributed by atoms with van der Waals surface area (Å²) in [5, 5.41) is 22.8. The molecule has 1 heterocycles. The third-order valence-corrected chi connectivity index (χ3v) is 5.48. The van der Waals surface area contributed by atoms with E-state index in [2.05, 4.69) is 15.5 Å². The van der Waals surface area contributed by atoms with Gasteiger partial charge in [-0.1, -0.05) is 35.5 Å². The zero-order valence-corrected chi connectivity index (χ0v) is 18.7. The minimum absolute atomic E-state index is 0.0685. The van der Waals surface area contributed by atoms with Crippen molar-refractivity contribution in [1.82, 2.24) is 14.8 Å². The highest BCUT2D eigenvalue weighted by molar-refractivity contribution is 7.99.